The van der Waals surface area contributed by atoms with E-state index in [-0.39, 0.29) is 17.4 Å². The lowest BCUT2D eigenvalue weighted by Crippen LogP contribution is -2.29. The molecule has 0 bridgehead atoms. The molecule has 1 atom stereocenters. The smallest absolute Gasteiger partial charge is 0.325 e. The predicted molar refractivity (Wildman–Crippen MR) is 90.8 cm³/mol. The van der Waals surface area contributed by atoms with Crippen LogP contribution in [-0.4, -0.2) is 38.8 Å². The summed E-state index contributed by atoms with van der Waals surface area (Å²) in [4.78, 5) is 35.1. The number of amides is 1. The monoisotopic (exact) mass is 340 g/mol. The molecule has 2 aromatic heterocycles. The number of H-pyrrole nitrogens is 2. The summed E-state index contributed by atoms with van der Waals surface area (Å²) in [6.45, 7) is 1.35. The largest absolute Gasteiger partial charge is 0.338 e. The van der Waals surface area contributed by atoms with E-state index in [4.69, 9.17) is 0 Å². The van der Waals surface area contributed by atoms with Crippen LogP contribution in [0.15, 0.2) is 41.3 Å². The first-order valence-electron chi connectivity index (χ1n) is 8.20. The molecule has 0 spiro atoms. The topological polar surface area (TPSA) is 81.8 Å². The minimum absolute atomic E-state index is 0.0851. The number of carbonyl (C=O) groups is 1. The van der Waals surface area contributed by atoms with Crippen molar-refractivity contribution in [2.75, 3.05) is 13.1 Å². The number of hydrogen-bond acceptors (Lipinski definition) is 3. The van der Waals surface area contributed by atoms with Crippen molar-refractivity contribution < 1.29 is 9.18 Å². The summed E-state index contributed by atoms with van der Waals surface area (Å²) in [5.74, 6) is 0.0360. The molecule has 0 radical (unpaired) electrons. The normalized spacial score (nSPS) is 17.3. The molecular weight excluding hydrogens is 323 g/mol. The summed E-state index contributed by atoms with van der Waals surface area (Å²) < 4.78 is 13.0. The van der Waals surface area contributed by atoms with Gasteiger partial charge in [-0.3, -0.25) is 9.78 Å². The molecular formula is C18H17FN4O2. The van der Waals surface area contributed by atoms with Crippen LogP contribution in [0.4, 0.5) is 4.39 Å². The molecule has 3 aromatic rings. The second-order valence-corrected chi connectivity index (χ2v) is 6.44. The van der Waals surface area contributed by atoms with E-state index < -0.39 is 0 Å². The van der Waals surface area contributed by atoms with E-state index in [0.29, 0.717) is 35.7 Å². The summed E-state index contributed by atoms with van der Waals surface area (Å²) >= 11 is 0. The minimum atomic E-state index is -0.340. The molecule has 2 N–H and O–H groups in total. The van der Waals surface area contributed by atoms with Crippen molar-refractivity contribution in [1.82, 2.24) is 19.9 Å². The number of aromatic amines is 2. The van der Waals surface area contributed by atoms with Crippen LogP contribution in [0, 0.1) is 11.7 Å². The number of imidazole rings is 1. The Bertz CT molecular complexity index is 977. The number of nitrogens with one attached hydrogen (secondary N) is 2. The van der Waals surface area contributed by atoms with Gasteiger partial charge >= 0.3 is 5.69 Å². The molecule has 4 rings (SSSR count). The average Bonchev–Trinajstić information content (AvgIpc) is 3.21. The lowest BCUT2D eigenvalue weighted by atomic mass is 9.99. The number of aromatic nitrogens is 3. The van der Waals surface area contributed by atoms with Crippen molar-refractivity contribution >= 4 is 17.1 Å². The van der Waals surface area contributed by atoms with Crippen molar-refractivity contribution in [3.05, 3.63) is 64.0 Å². The highest BCUT2D eigenvalue weighted by atomic mass is 19.1. The predicted octanol–water partition coefficient (Wildman–Crippen LogP) is 2.10. The Hall–Kier alpha value is -2.96. The highest BCUT2D eigenvalue weighted by Gasteiger charge is 2.27. The fourth-order valence-corrected chi connectivity index (χ4v) is 3.36. The molecule has 0 saturated carbocycles. The average molecular weight is 340 g/mol. The maximum absolute atomic E-state index is 13.0. The Balaban J connectivity index is 1.45. The van der Waals surface area contributed by atoms with Gasteiger partial charge in [0.1, 0.15) is 5.82 Å². The van der Waals surface area contributed by atoms with Gasteiger partial charge in [-0.1, -0.05) is 12.1 Å². The molecule has 6 nitrogen and oxygen atoms in total. The third kappa shape index (κ3) is 3.17. The molecule has 128 valence electrons. The molecule has 1 unspecified atom stereocenters. The van der Waals surface area contributed by atoms with Crippen molar-refractivity contribution in [1.29, 1.82) is 0 Å². The third-order valence-corrected chi connectivity index (χ3v) is 4.63. The first kappa shape index (κ1) is 15.6. The maximum atomic E-state index is 13.0. The summed E-state index contributed by atoms with van der Waals surface area (Å²) in [5, 5.41) is 0. The van der Waals surface area contributed by atoms with Gasteiger partial charge in [0.15, 0.2) is 5.65 Å². The maximum Gasteiger partial charge on any atom is 0.325 e. The zero-order valence-corrected chi connectivity index (χ0v) is 13.5. The fourth-order valence-electron chi connectivity index (χ4n) is 3.36. The molecule has 25 heavy (non-hydrogen) atoms. The van der Waals surface area contributed by atoms with Gasteiger partial charge < -0.3 is 9.88 Å². The van der Waals surface area contributed by atoms with E-state index in [1.165, 1.54) is 18.3 Å². The van der Waals surface area contributed by atoms with Gasteiger partial charge in [0.25, 0.3) is 5.91 Å². The molecule has 1 aliphatic rings. The Kier molecular flexibility index (Phi) is 3.83. The summed E-state index contributed by atoms with van der Waals surface area (Å²) in [5.41, 5.74) is 2.17. The third-order valence-electron chi connectivity index (χ3n) is 4.63. The lowest BCUT2D eigenvalue weighted by Gasteiger charge is -2.16. The number of rotatable bonds is 3. The van der Waals surface area contributed by atoms with E-state index in [9.17, 15) is 14.0 Å². The minimum Gasteiger partial charge on any atom is -0.338 e. The number of halogens is 1. The molecule has 1 aromatic carbocycles. The molecule has 1 aliphatic heterocycles. The van der Waals surface area contributed by atoms with Crippen LogP contribution in [0.5, 0.6) is 0 Å². The van der Waals surface area contributed by atoms with Crippen LogP contribution in [0.3, 0.4) is 0 Å². The van der Waals surface area contributed by atoms with Crippen LogP contribution in [0.2, 0.25) is 0 Å². The zero-order chi connectivity index (χ0) is 17.4. The molecule has 7 heteroatoms. The zero-order valence-electron chi connectivity index (χ0n) is 13.5. The summed E-state index contributed by atoms with van der Waals surface area (Å²) in [7, 11) is 0. The van der Waals surface area contributed by atoms with Gasteiger partial charge in [0, 0.05) is 19.3 Å². The molecule has 1 saturated heterocycles. The van der Waals surface area contributed by atoms with Crippen LogP contribution in [0.1, 0.15) is 22.3 Å². The highest BCUT2D eigenvalue weighted by molar-refractivity contribution is 5.96. The van der Waals surface area contributed by atoms with Gasteiger partial charge in [-0.05, 0) is 42.5 Å². The summed E-state index contributed by atoms with van der Waals surface area (Å²) in [6.07, 6.45) is 3.23. The standard InChI is InChI=1S/C18H17FN4O2/c19-14-3-1-11(2-4-14)7-12-5-6-23(10-12)17(24)13-8-15-16(20-9-13)22-18(25)21-15/h1-4,8-9,12H,5-7,10H2,(H2,20,21,22,25). The number of carbonyl (C=O) groups excluding carboxylic acids is 1. The van der Waals surface area contributed by atoms with Crippen LogP contribution < -0.4 is 5.69 Å². The first-order valence-corrected chi connectivity index (χ1v) is 8.20. The second kappa shape index (κ2) is 6.16. The SMILES string of the molecule is O=C(c1cnc2[nH]c(=O)[nH]c2c1)N1CCC(Cc2ccc(F)cc2)C1. The Morgan fingerprint density at radius 2 is 2.08 bits per heavy atom. The molecule has 1 amide bonds. The van der Waals surface area contributed by atoms with Crippen molar-refractivity contribution in [2.24, 2.45) is 5.92 Å². The number of benzene rings is 1. The first-order chi connectivity index (χ1) is 12.1. The number of nitrogens with zero attached hydrogens (tertiary/aromatic N) is 2. The van der Waals surface area contributed by atoms with Gasteiger partial charge in [-0.25, -0.2) is 14.2 Å². The van der Waals surface area contributed by atoms with Crippen LogP contribution in [0.25, 0.3) is 11.2 Å². The molecule has 3 heterocycles. The molecule has 0 aliphatic carbocycles. The number of likely N-dealkylation sites (tertiary alicyclic amines) is 1. The molecule has 1 fully saturated rings. The highest BCUT2D eigenvalue weighted by Crippen LogP contribution is 2.23. The van der Waals surface area contributed by atoms with Gasteiger partial charge in [0.05, 0.1) is 11.1 Å². The number of fused-ring (bicyclic) bond motifs is 1. The van der Waals surface area contributed by atoms with Crippen LogP contribution >= 0.6 is 0 Å². The van der Waals surface area contributed by atoms with E-state index in [2.05, 4.69) is 15.0 Å². The van der Waals surface area contributed by atoms with Crippen molar-refractivity contribution in [2.45, 2.75) is 12.8 Å². The summed E-state index contributed by atoms with van der Waals surface area (Å²) in [6, 6.07) is 8.16. The van der Waals surface area contributed by atoms with E-state index in [1.807, 2.05) is 4.90 Å². The van der Waals surface area contributed by atoms with Crippen molar-refractivity contribution in [3.8, 4) is 0 Å². The Morgan fingerprint density at radius 3 is 2.88 bits per heavy atom. The van der Waals surface area contributed by atoms with E-state index in [1.54, 1.807) is 18.2 Å². The van der Waals surface area contributed by atoms with Crippen LogP contribution in [-0.2, 0) is 6.42 Å². The number of pyridine rings is 1. The van der Waals surface area contributed by atoms with Crippen molar-refractivity contribution in [3.63, 3.8) is 0 Å². The van der Waals surface area contributed by atoms with E-state index in [0.717, 1.165) is 18.4 Å². The van der Waals surface area contributed by atoms with Gasteiger partial charge in [0.2, 0.25) is 0 Å². The fraction of sp³-hybridized carbons (Fsp3) is 0.278. The van der Waals surface area contributed by atoms with Gasteiger partial charge in [-0.2, -0.15) is 0 Å². The Labute approximate surface area is 142 Å². The Morgan fingerprint density at radius 1 is 1.28 bits per heavy atom. The number of hydrogen-bond donors (Lipinski definition) is 2. The second-order valence-electron chi connectivity index (χ2n) is 6.44. The van der Waals surface area contributed by atoms with E-state index >= 15 is 0 Å². The quantitative estimate of drug-likeness (QED) is 0.766. The van der Waals surface area contributed by atoms with Gasteiger partial charge in [-0.15, -0.1) is 0 Å². The lowest BCUT2D eigenvalue weighted by molar-refractivity contribution is 0.0787.